The largest absolute Gasteiger partial charge is 0.390 e. The molecule has 1 aliphatic rings. The summed E-state index contributed by atoms with van der Waals surface area (Å²) in [5.74, 6) is -0.106. The van der Waals surface area contributed by atoms with Crippen molar-refractivity contribution in [3.8, 4) is 11.1 Å². The first-order valence-corrected chi connectivity index (χ1v) is 9.26. The molecular formula is C20H20F3N5O. The number of carbonyl (C=O) groups excluding carboxylic acids is 1. The van der Waals surface area contributed by atoms with Gasteiger partial charge in [0.05, 0.1) is 18.5 Å². The number of anilines is 1. The molecule has 1 amide bonds. The van der Waals surface area contributed by atoms with Crippen molar-refractivity contribution >= 4 is 22.5 Å². The Morgan fingerprint density at radius 2 is 1.97 bits per heavy atom. The third-order valence-electron chi connectivity index (χ3n) is 5.05. The van der Waals surface area contributed by atoms with Crippen LogP contribution in [0.2, 0.25) is 0 Å². The first-order chi connectivity index (χ1) is 13.8. The predicted molar refractivity (Wildman–Crippen MR) is 103 cm³/mol. The van der Waals surface area contributed by atoms with Crippen LogP contribution in [0.3, 0.4) is 0 Å². The van der Waals surface area contributed by atoms with E-state index in [1.807, 2.05) is 31.4 Å². The first-order valence-electron chi connectivity index (χ1n) is 9.26. The van der Waals surface area contributed by atoms with Crippen molar-refractivity contribution in [1.29, 1.82) is 0 Å². The lowest BCUT2D eigenvalue weighted by molar-refractivity contribution is -0.143. The molecule has 2 aromatic heterocycles. The summed E-state index contributed by atoms with van der Waals surface area (Å²) in [6, 6.07) is 7.75. The summed E-state index contributed by atoms with van der Waals surface area (Å²) in [6.07, 6.45) is 0.372. The molecule has 1 fully saturated rings. The molecule has 29 heavy (non-hydrogen) atoms. The van der Waals surface area contributed by atoms with Crippen LogP contribution in [-0.2, 0) is 11.8 Å². The fourth-order valence-electron chi connectivity index (χ4n) is 3.39. The highest BCUT2D eigenvalue weighted by Gasteiger charge is 2.35. The molecule has 0 unspecified atom stereocenters. The van der Waals surface area contributed by atoms with Gasteiger partial charge in [0.25, 0.3) is 0 Å². The van der Waals surface area contributed by atoms with Crippen LogP contribution in [0, 0.1) is 5.92 Å². The fourth-order valence-corrected chi connectivity index (χ4v) is 3.39. The minimum atomic E-state index is -4.17. The Morgan fingerprint density at radius 3 is 2.66 bits per heavy atom. The summed E-state index contributed by atoms with van der Waals surface area (Å²) >= 11 is 0. The zero-order valence-corrected chi connectivity index (χ0v) is 15.8. The van der Waals surface area contributed by atoms with E-state index < -0.39 is 12.6 Å². The van der Waals surface area contributed by atoms with E-state index in [1.165, 1.54) is 0 Å². The summed E-state index contributed by atoms with van der Waals surface area (Å²) < 4.78 is 38.5. The topological polar surface area (TPSA) is 63.1 Å². The number of alkyl halides is 3. The number of carbonyl (C=O) groups is 1. The number of nitrogens with one attached hydrogen (secondary N) is 1. The highest BCUT2D eigenvalue weighted by atomic mass is 19.4. The van der Waals surface area contributed by atoms with Crippen molar-refractivity contribution in [2.24, 2.45) is 13.0 Å². The number of pyridine rings is 1. The molecule has 3 heterocycles. The van der Waals surface area contributed by atoms with Gasteiger partial charge in [0, 0.05) is 50.0 Å². The molecule has 0 bridgehead atoms. The van der Waals surface area contributed by atoms with E-state index in [4.69, 9.17) is 0 Å². The average Bonchev–Trinajstić information content (AvgIpc) is 3.05. The molecule has 1 N–H and O–H groups in total. The van der Waals surface area contributed by atoms with Gasteiger partial charge in [0.1, 0.15) is 5.82 Å². The van der Waals surface area contributed by atoms with E-state index >= 15 is 0 Å². The summed E-state index contributed by atoms with van der Waals surface area (Å²) in [6.45, 7) is 0.597. The third kappa shape index (κ3) is 4.56. The smallest absolute Gasteiger partial charge is 0.310 e. The van der Waals surface area contributed by atoms with Gasteiger partial charge in [-0.1, -0.05) is 12.1 Å². The molecule has 1 aliphatic heterocycles. The van der Waals surface area contributed by atoms with E-state index in [0.29, 0.717) is 18.9 Å². The molecule has 0 saturated carbocycles. The number of halogens is 3. The molecule has 152 valence electrons. The molecule has 0 atom stereocenters. The molecule has 1 aromatic carbocycles. The van der Waals surface area contributed by atoms with Crippen LogP contribution in [-0.4, -0.2) is 51.4 Å². The number of fused-ring (bicyclic) bond motifs is 1. The Balaban J connectivity index is 1.40. The van der Waals surface area contributed by atoms with Crippen LogP contribution in [0.25, 0.3) is 21.9 Å². The van der Waals surface area contributed by atoms with Gasteiger partial charge < -0.3 is 10.2 Å². The molecular weight excluding hydrogens is 383 g/mol. The van der Waals surface area contributed by atoms with E-state index in [0.717, 1.165) is 21.9 Å². The maximum Gasteiger partial charge on any atom is 0.390 e. The second-order valence-electron chi connectivity index (χ2n) is 7.35. The zero-order valence-electron chi connectivity index (χ0n) is 15.8. The van der Waals surface area contributed by atoms with E-state index in [2.05, 4.69) is 15.4 Å². The van der Waals surface area contributed by atoms with Crippen molar-refractivity contribution in [1.82, 2.24) is 19.7 Å². The first kappa shape index (κ1) is 19.4. The van der Waals surface area contributed by atoms with Crippen LogP contribution >= 0.6 is 0 Å². The van der Waals surface area contributed by atoms with Crippen molar-refractivity contribution in [3.63, 3.8) is 0 Å². The van der Waals surface area contributed by atoms with Crippen LogP contribution < -0.4 is 5.32 Å². The molecule has 0 radical (unpaired) electrons. The number of aryl methyl sites for hydroxylation is 1. The van der Waals surface area contributed by atoms with Crippen LogP contribution in [0.15, 0.2) is 42.9 Å². The van der Waals surface area contributed by atoms with Gasteiger partial charge in [-0.25, -0.2) is 4.98 Å². The number of rotatable bonds is 5. The van der Waals surface area contributed by atoms with E-state index in [9.17, 15) is 18.0 Å². The van der Waals surface area contributed by atoms with Gasteiger partial charge in [-0.05, 0) is 23.1 Å². The van der Waals surface area contributed by atoms with Crippen LogP contribution in [0.5, 0.6) is 0 Å². The van der Waals surface area contributed by atoms with Gasteiger partial charge in [-0.15, -0.1) is 0 Å². The number of nitrogens with zero attached hydrogens (tertiary/aromatic N) is 4. The number of hydrogen-bond donors (Lipinski definition) is 1. The van der Waals surface area contributed by atoms with Gasteiger partial charge >= 0.3 is 6.18 Å². The lowest BCUT2D eigenvalue weighted by atomic mass is 9.99. The van der Waals surface area contributed by atoms with Crippen molar-refractivity contribution in [3.05, 3.63) is 42.9 Å². The normalized spacial score (nSPS) is 15.4. The van der Waals surface area contributed by atoms with Crippen LogP contribution in [0.4, 0.5) is 19.0 Å². The maximum absolute atomic E-state index is 12.4. The molecule has 1 saturated heterocycles. The number of hydrogen-bond acceptors (Lipinski definition) is 4. The van der Waals surface area contributed by atoms with E-state index in [1.54, 1.807) is 28.0 Å². The van der Waals surface area contributed by atoms with E-state index in [-0.39, 0.29) is 18.4 Å². The monoisotopic (exact) mass is 403 g/mol. The molecule has 0 aliphatic carbocycles. The summed E-state index contributed by atoms with van der Waals surface area (Å²) in [4.78, 5) is 18.3. The number of aromatic nitrogens is 3. The Morgan fingerprint density at radius 1 is 1.17 bits per heavy atom. The number of amides is 1. The zero-order chi connectivity index (χ0) is 20.6. The summed E-state index contributed by atoms with van der Waals surface area (Å²) in [5, 5.41) is 8.83. The van der Waals surface area contributed by atoms with Gasteiger partial charge in [-0.3, -0.25) is 9.48 Å². The Hall–Kier alpha value is -2.94. The lowest BCUT2D eigenvalue weighted by Crippen LogP contribution is -2.52. The lowest BCUT2D eigenvalue weighted by Gasteiger charge is -2.38. The third-order valence-corrected chi connectivity index (χ3v) is 5.05. The molecule has 3 aromatic rings. The van der Waals surface area contributed by atoms with Gasteiger partial charge in [0.2, 0.25) is 5.91 Å². The average molecular weight is 403 g/mol. The van der Waals surface area contributed by atoms with Crippen molar-refractivity contribution < 1.29 is 18.0 Å². The summed E-state index contributed by atoms with van der Waals surface area (Å²) in [5.41, 5.74) is 2.00. The second kappa shape index (κ2) is 7.47. The Bertz CT molecular complexity index is 1040. The quantitative estimate of drug-likeness (QED) is 0.709. The second-order valence-corrected chi connectivity index (χ2v) is 7.35. The predicted octanol–water partition coefficient (Wildman–Crippen LogP) is 3.46. The Labute approximate surface area is 165 Å². The van der Waals surface area contributed by atoms with Gasteiger partial charge in [-0.2, -0.15) is 18.3 Å². The van der Waals surface area contributed by atoms with Crippen molar-refractivity contribution in [2.45, 2.75) is 12.6 Å². The van der Waals surface area contributed by atoms with Crippen LogP contribution in [0.1, 0.15) is 6.42 Å². The van der Waals surface area contributed by atoms with Crippen molar-refractivity contribution in [2.75, 3.05) is 25.0 Å². The maximum atomic E-state index is 12.4. The molecule has 6 nitrogen and oxygen atoms in total. The number of benzene rings is 1. The molecule has 9 heteroatoms. The molecule has 0 spiro atoms. The number of likely N-dealkylation sites (tertiary alicyclic amines) is 1. The minimum absolute atomic E-state index is 0.0708. The summed E-state index contributed by atoms with van der Waals surface area (Å²) in [7, 11) is 1.85. The Kier molecular flexibility index (Phi) is 4.99. The minimum Gasteiger partial charge on any atom is -0.310 e. The SMILES string of the molecule is Cn1cc(-c2ccc3cnc(NC(=O)C4CN(CCC(F)(F)F)C4)cc3c2)cn1. The standard InChI is InChI=1S/C20H20F3N5O/c1-27-10-16(9-25-27)13-2-3-14-8-24-18(7-15(14)6-13)26-19(29)17-11-28(12-17)5-4-20(21,22)23/h2-3,6-10,17H,4-5,11-12H2,1H3,(H,24,26,29). The fraction of sp³-hybridized carbons (Fsp3) is 0.350. The highest BCUT2D eigenvalue weighted by molar-refractivity contribution is 5.95. The molecule has 4 rings (SSSR count). The van der Waals surface area contributed by atoms with Gasteiger partial charge in [0.15, 0.2) is 0 Å². The highest BCUT2D eigenvalue weighted by Crippen LogP contribution is 2.26.